The van der Waals surface area contributed by atoms with E-state index in [0.29, 0.717) is 24.0 Å². The highest BCUT2D eigenvalue weighted by Crippen LogP contribution is 2.26. The van der Waals surface area contributed by atoms with Crippen molar-refractivity contribution in [3.05, 3.63) is 34.6 Å². The minimum atomic E-state index is -0.446. The van der Waals surface area contributed by atoms with Crippen LogP contribution in [0.2, 0.25) is 0 Å². The fourth-order valence-electron chi connectivity index (χ4n) is 1.75. The average Bonchev–Trinajstić information content (AvgIpc) is 2.47. The Labute approximate surface area is 75.0 Å². The molecule has 0 amide bonds. The molecule has 0 radical (unpaired) electrons. The second-order valence-corrected chi connectivity index (χ2v) is 3.17. The van der Waals surface area contributed by atoms with E-state index in [4.69, 9.17) is 5.11 Å². The third-order valence-corrected chi connectivity index (χ3v) is 2.38. The molecule has 0 unspecified atom stereocenters. The molecule has 1 aliphatic carbocycles. The number of halogens is 1. The van der Waals surface area contributed by atoms with Crippen LogP contribution in [0.4, 0.5) is 4.39 Å². The lowest BCUT2D eigenvalue weighted by Crippen LogP contribution is -1.97. The van der Waals surface area contributed by atoms with Crippen LogP contribution in [0.15, 0.2) is 12.1 Å². The van der Waals surface area contributed by atoms with E-state index in [9.17, 15) is 9.18 Å². The monoisotopic (exact) mass is 180 g/mol. The summed E-state index contributed by atoms with van der Waals surface area (Å²) in [6.07, 6.45) is 1.07. The SMILES string of the molecule is O=C1CCc2c(CO)cc(F)cc21. The Hall–Kier alpha value is -1.22. The standard InChI is InChI=1S/C10H9FO2/c11-7-3-6(5-12)8-1-2-10(13)9(8)4-7/h3-4,12H,1-2,5H2. The van der Waals surface area contributed by atoms with Crippen LogP contribution in [0.25, 0.3) is 0 Å². The van der Waals surface area contributed by atoms with E-state index in [2.05, 4.69) is 0 Å². The summed E-state index contributed by atoms with van der Waals surface area (Å²) >= 11 is 0. The van der Waals surface area contributed by atoms with Gasteiger partial charge in [0.1, 0.15) is 5.82 Å². The minimum Gasteiger partial charge on any atom is -0.392 e. The highest BCUT2D eigenvalue weighted by atomic mass is 19.1. The van der Waals surface area contributed by atoms with Crippen molar-refractivity contribution < 1.29 is 14.3 Å². The highest BCUT2D eigenvalue weighted by molar-refractivity contribution is 6.00. The molecule has 0 spiro atoms. The number of carbonyl (C=O) groups excluding carboxylic acids is 1. The normalized spacial score (nSPS) is 14.8. The molecule has 0 saturated carbocycles. The van der Waals surface area contributed by atoms with Crippen molar-refractivity contribution in [2.24, 2.45) is 0 Å². The third kappa shape index (κ3) is 1.25. The second-order valence-electron chi connectivity index (χ2n) is 3.17. The van der Waals surface area contributed by atoms with Crippen LogP contribution in [0.1, 0.15) is 27.9 Å². The fraction of sp³-hybridized carbons (Fsp3) is 0.300. The van der Waals surface area contributed by atoms with Crippen molar-refractivity contribution in [3.63, 3.8) is 0 Å². The number of benzene rings is 1. The van der Waals surface area contributed by atoms with Gasteiger partial charge < -0.3 is 5.11 Å². The van der Waals surface area contributed by atoms with E-state index in [1.165, 1.54) is 12.1 Å². The number of aliphatic hydroxyl groups is 1. The number of hydrogen-bond acceptors (Lipinski definition) is 2. The molecule has 0 atom stereocenters. The van der Waals surface area contributed by atoms with Gasteiger partial charge >= 0.3 is 0 Å². The van der Waals surface area contributed by atoms with Crippen LogP contribution < -0.4 is 0 Å². The van der Waals surface area contributed by atoms with Gasteiger partial charge in [-0.25, -0.2) is 4.39 Å². The number of Topliss-reactive ketones (excluding diaryl/α,β-unsaturated/α-hetero) is 1. The first-order chi connectivity index (χ1) is 6.22. The Morgan fingerprint density at radius 3 is 2.85 bits per heavy atom. The van der Waals surface area contributed by atoms with Gasteiger partial charge in [-0.05, 0) is 29.7 Å². The van der Waals surface area contributed by atoms with Crippen molar-refractivity contribution in [3.8, 4) is 0 Å². The number of fused-ring (bicyclic) bond motifs is 1. The van der Waals surface area contributed by atoms with Gasteiger partial charge in [0, 0.05) is 12.0 Å². The van der Waals surface area contributed by atoms with Crippen LogP contribution in [-0.2, 0) is 13.0 Å². The summed E-state index contributed by atoms with van der Waals surface area (Å²) in [7, 11) is 0. The summed E-state index contributed by atoms with van der Waals surface area (Å²) in [5.41, 5.74) is 1.80. The second kappa shape index (κ2) is 2.92. The molecular weight excluding hydrogens is 171 g/mol. The molecule has 2 nitrogen and oxygen atoms in total. The topological polar surface area (TPSA) is 37.3 Å². The summed E-state index contributed by atoms with van der Waals surface area (Å²) in [6, 6.07) is 2.54. The van der Waals surface area contributed by atoms with Crippen molar-refractivity contribution in [1.82, 2.24) is 0 Å². The van der Waals surface area contributed by atoms with E-state index in [0.717, 1.165) is 5.56 Å². The van der Waals surface area contributed by atoms with Gasteiger partial charge in [-0.15, -0.1) is 0 Å². The summed E-state index contributed by atoms with van der Waals surface area (Å²) in [6.45, 7) is -0.201. The average molecular weight is 180 g/mol. The van der Waals surface area contributed by atoms with Crippen LogP contribution in [0.3, 0.4) is 0 Å². The van der Waals surface area contributed by atoms with Gasteiger partial charge in [-0.2, -0.15) is 0 Å². The van der Waals surface area contributed by atoms with Crippen molar-refractivity contribution in [2.75, 3.05) is 0 Å². The van der Waals surface area contributed by atoms with Crippen molar-refractivity contribution in [1.29, 1.82) is 0 Å². The molecule has 13 heavy (non-hydrogen) atoms. The highest BCUT2D eigenvalue weighted by Gasteiger charge is 2.22. The molecule has 0 bridgehead atoms. The smallest absolute Gasteiger partial charge is 0.163 e. The van der Waals surface area contributed by atoms with Crippen LogP contribution in [0.5, 0.6) is 0 Å². The molecule has 0 saturated heterocycles. The van der Waals surface area contributed by atoms with Crippen molar-refractivity contribution >= 4 is 5.78 Å². The molecule has 3 heteroatoms. The third-order valence-electron chi connectivity index (χ3n) is 2.38. The van der Waals surface area contributed by atoms with Crippen molar-refractivity contribution in [2.45, 2.75) is 19.4 Å². The minimum absolute atomic E-state index is 0.0239. The Morgan fingerprint density at radius 2 is 2.15 bits per heavy atom. The Kier molecular flexibility index (Phi) is 1.88. The molecule has 0 heterocycles. The van der Waals surface area contributed by atoms with Gasteiger partial charge in [0.2, 0.25) is 0 Å². The number of hydrogen-bond donors (Lipinski definition) is 1. The maximum absolute atomic E-state index is 12.9. The van der Waals surface area contributed by atoms with E-state index >= 15 is 0 Å². The van der Waals surface area contributed by atoms with Crippen LogP contribution >= 0.6 is 0 Å². The predicted octanol–water partition coefficient (Wildman–Crippen LogP) is 1.45. The fourth-order valence-corrected chi connectivity index (χ4v) is 1.75. The summed E-state index contributed by atoms with van der Waals surface area (Å²) in [5.74, 6) is -0.470. The first kappa shape index (κ1) is 8.38. The summed E-state index contributed by atoms with van der Waals surface area (Å²) in [4.78, 5) is 11.2. The van der Waals surface area contributed by atoms with E-state index < -0.39 is 5.82 Å². The molecule has 1 aromatic rings. The lowest BCUT2D eigenvalue weighted by atomic mass is 10.0. The zero-order valence-corrected chi connectivity index (χ0v) is 7.01. The van der Waals surface area contributed by atoms with Gasteiger partial charge in [-0.1, -0.05) is 0 Å². The van der Waals surface area contributed by atoms with Gasteiger partial charge in [0.25, 0.3) is 0 Å². The molecule has 0 aromatic heterocycles. The van der Waals surface area contributed by atoms with Crippen LogP contribution in [0, 0.1) is 5.82 Å². The molecule has 0 fully saturated rings. The predicted molar refractivity (Wildman–Crippen MR) is 45.0 cm³/mol. The van der Waals surface area contributed by atoms with E-state index in [1.54, 1.807) is 0 Å². The molecule has 68 valence electrons. The molecular formula is C10H9FO2. The van der Waals surface area contributed by atoms with Crippen LogP contribution in [-0.4, -0.2) is 10.9 Å². The number of carbonyl (C=O) groups is 1. The van der Waals surface area contributed by atoms with Gasteiger partial charge in [-0.3, -0.25) is 4.79 Å². The molecule has 1 N–H and O–H groups in total. The largest absolute Gasteiger partial charge is 0.392 e. The van der Waals surface area contributed by atoms with Gasteiger partial charge in [0.15, 0.2) is 5.78 Å². The zero-order chi connectivity index (χ0) is 9.42. The lowest BCUT2D eigenvalue weighted by Gasteiger charge is -2.04. The number of aliphatic hydroxyl groups excluding tert-OH is 1. The van der Waals surface area contributed by atoms with E-state index in [-0.39, 0.29) is 12.4 Å². The Morgan fingerprint density at radius 1 is 1.38 bits per heavy atom. The van der Waals surface area contributed by atoms with E-state index in [1.807, 2.05) is 0 Å². The first-order valence-corrected chi connectivity index (χ1v) is 4.17. The number of rotatable bonds is 1. The Balaban J connectivity index is 2.63. The molecule has 0 aliphatic heterocycles. The van der Waals surface area contributed by atoms with Gasteiger partial charge in [0.05, 0.1) is 6.61 Å². The lowest BCUT2D eigenvalue weighted by molar-refractivity contribution is 0.0994. The molecule has 1 aromatic carbocycles. The molecule has 1 aliphatic rings. The Bertz CT molecular complexity index is 371. The molecule has 2 rings (SSSR count). The maximum atomic E-state index is 12.9. The maximum Gasteiger partial charge on any atom is 0.163 e. The quantitative estimate of drug-likeness (QED) is 0.710. The summed E-state index contributed by atoms with van der Waals surface area (Å²) in [5, 5.41) is 8.93. The first-order valence-electron chi connectivity index (χ1n) is 4.17. The summed E-state index contributed by atoms with van der Waals surface area (Å²) < 4.78 is 12.9. The zero-order valence-electron chi connectivity index (χ0n) is 7.01. The number of ketones is 1.